The summed E-state index contributed by atoms with van der Waals surface area (Å²) in [5.74, 6) is 0. The van der Waals surface area contributed by atoms with E-state index >= 15 is 0 Å². The average molecular weight is 367 g/mol. The number of carboxylic acid groups (broad SMARTS) is 4. The van der Waals surface area contributed by atoms with Crippen molar-refractivity contribution in [2.75, 3.05) is 26.2 Å². The summed E-state index contributed by atoms with van der Waals surface area (Å²) in [4.78, 5) is 17.1. The Bertz CT molecular complexity index is 252. The van der Waals surface area contributed by atoms with Crippen LogP contribution in [0.2, 0.25) is 0 Å². The van der Waals surface area contributed by atoms with Crippen molar-refractivity contribution in [2.45, 2.75) is 79.1 Å². The molecule has 0 bridgehead atoms. The van der Waals surface area contributed by atoms with E-state index in [4.69, 9.17) is 30.0 Å². The van der Waals surface area contributed by atoms with Gasteiger partial charge in [-0.15, -0.1) is 0 Å². The number of nitrogens with zero attached hydrogens (tertiary/aromatic N) is 1. The maximum atomic E-state index is 8.56. The lowest BCUT2D eigenvalue weighted by Crippen LogP contribution is -2.50. The van der Waals surface area contributed by atoms with Gasteiger partial charge in [0, 0.05) is 0 Å². The molecule has 0 unspecified atom stereocenters. The van der Waals surface area contributed by atoms with Crippen molar-refractivity contribution in [3.05, 3.63) is 0 Å². The predicted molar refractivity (Wildman–Crippen MR) is 101 cm³/mol. The molecular formula is C18H40NO6+. The molecule has 0 aliphatic carbocycles. The highest BCUT2D eigenvalue weighted by molar-refractivity contribution is 5.53. The van der Waals surface area contributed by atoms with Crippen molar-refractivity contribution in [3.8, 4) is 0 Å². The number of carbonyl (C=O) groups is 2. The van der Waals surface area contributed by atoms with Crippen LogP contribution in [0.4, 0.5) is 9.59 Å². The number of hydrogen-bond donors (Lipinski definition) is 4. The quantitative estimate of drug-likeness (QED) is 0.341. The van der Waals surface area contributed by atoms with Gasteiger partial charge in [0.15, 0.2) is 0 Å². The summed E-state index contributed by atoms with van der Waals surface area (Å²) in [5.41, 5.74) is 0. The van der Waals surface area contributed by atoms with Crippen LogP contribution in [0, 0.1) is 0 Å². The maximum Gasteiger partial charge on any atom is 0.503 e. The first-order valence-corrected chi connectivity index (χ1v) is 9.40. The van der Waals surface area contributed by atoms with E-state index in [2.05, 4.69) is 27.7 Å². The molecule has 152 valence electrons. The van der Waals surface area contributed by atoms with E-state index in [0.717, 1.165) is 0 Å². The van der Waals surface area contributed by atoms with Crippen LogP contribution in [0.15, 0.2) is 0 Å². The van der Waals surface area contributed by atoms with Crippen molar-refractivity contribution in [3.63, 3.8) is 0 Å². The van der Waals surface area contributed by atoms with E-state index in [1.165, 1.54) is 82.0 Å². The highest BCUT2D eigenvalue weighted by Crippen LogP contribution is 2.16. The molecule has 0 spiro atoms. The summed E-state index contributed by atoms with van der Waals surface area (Å²) in [6.07, 6.45) is 7.39. The molecule has 7 heteroatoms. The van der Waals surface area contributed by atoms with Gasteiger partial charge in [-0.2, -0.15) is 0 Å². The molecule has 0 amide bonds. The van der Waals surface area contributed by atoms with Gasteiger partial charge in [-0.1, -0.05) is 53.4 Å². The molecular weight excluding hydrogens is 326 g/mol. The molecule has 0 aromatic carbocycles. The summed E-state index contributed by atoms with van der Waals surface area (Å²) in [6, 6.07) is 0. The Balaban J connectivity index is -0.000000503. The van der Waals surface area contributed by atoms with E-state index in [-0.39, 0.29) is 0 Å². The van der Waals surface area contributed by atoms with Gasteiger partial charge in [0.2, 0.25) is 0 Å². The molecule has 0 saturated heterocycles. The highest BCUT2D eigenvalue weighted by Gasteiger charge is 2.24. The fraction of sp³-hybridized carbons (Fsp3) is 0.889. The van der Waals surface area contributed by atoms with E-state index in [9.17, 15) is 0 Å². The van der Waals surface area contributed by atoms with Crippen LogP contribution < -0.4 is 0 Å². The first kappa shape index (κ1) is 28.3. The molecule has 0 aliphatic heterocycles. The second-order valence-electron chi connectivity index (χ2n) is 6.22. The van der Waals surface area contributed by atoms with Crippen molar-refractivity contribution >= 4 is 12.3 Å². The predicted octanol–water partition coefficient (Wildman–Crippen LogP) is 5.45. The number of quaternary nitrogens is 1. The maximum absolute atomic E-state index is 8.56. The van der Waals surface area contributed by atoms with Gasteiger partial charge in [-0.3, -0.25) is 0 Å². The van der Waals surface area contributed by atoms with Gasteiger partial charge in [0.25, 0.3) is 0 Å². The summed E-state index contributed by atoms with van der Waals surface area (Å²) in [7, 11) is 0. The largest absolute Gasteiger partial charge is 0.503 e. The lowest BCUT2D eigenvalue weighted by Gasteiger charge is -2.39. The van der Waals surface area contributed by atoms with E-state index in [1.54, 1.807) is 0 Å². The average Bonchev–Trinajstić information content (AvgIpc) is 2.52. The molecule has 0 radical (unpaired) electrons. The Morgan fingerprint density at radius 3 is 0.840 bits per heavy atom. The zero-order chi connectivity index (χ0) is 20.1. The van der Waals surface area contributed by atoms with Gasteiger partial charge in [0.1, 0.15) is 0 Å². The Kier molecular flexibility index (Phi) is 23.3. The van der Waals surface area contributed by atoms with Crippen LogP contribution in [0.3, 0.4) is 0 Å². The van der Waals surface area contributed by atoms with E-state index in [0.29, 0.717) is 0 Å². The summed E-state index contributed by atoms with van der Waals surface area (Å²) in [5, 5.41) is 27.9. The lowest BCUT2D eigenvalue weighted by molar-refractivity contribution is -0.929. The molecule has 4 N–H and O–H groups in total. The minimum Gasteiger partial charge on any atom is -0.450 e. The van der Waals surface area contributed by atoms with Crippen LogP contribution in [-0.2, 0) is 0 Å². The summed E-state index contributed by atoms with van der Waals surface area (Å²) in [6.45, 7) is 15.0. The van der Waals surface area contributed by atoms with Gasteiger partial charge < -0.3 is 24.9 Å². The number of rotatable bonds is 12. The van der Waals surface area contributed by atoms with Gasteiger partial charge >= 0.3 is 12.3 Å². The molecule has 0 aromatic heterocycles. The van der Waals surface area contributed by atoms with Crippen LogP contribution in [0.5, 0.6) is 0 Å². The van der Waals surface area contributed by atoms with Crippen LogP contribution in [0.25, 0.3) is 0 Å². The minimum absolute atomic E-state index is 1.35. The zero-order valence-electron chi connectivity index (χ0n) is 16.5. The first-order valence-electron chi connectivity index (χ1n) is 9.40. The summed E-state index contributed by atoms with van der Waals surface area (Å²) >= 11 is 0. The normalized spacial score (nSPS) is 10.1. The lowest BCUT2D eigenvalue weighted by atomic mass is 10.1. The standard InChI is InChI=1S/C16H36N.2CH2O3/c1-5-9-13-17(14-10-6-2,15-11-7-3)16-12-8-4;2*2-1(3)4/h5-16H2,1-4H3;2*(H2,2,3,4)/q+1;;. The summed E-state index contributed by atoms with van der Waals surface area (Å²) < 4.78 is 1.42. The number of hydrogen-bond acceptors (Lipinski definition) is 2. The van der Waals surface area contributed by atoms with Crippen LogP contribution in [-0.4, -0.2) is 63.4 Å². The van der Waals surface area contributed by atoms with Gasteiger partial charge in [-0.25, -0.2) is 9.59 Å². The second kappa shape index (κ2) is 20.5. The van der Waals surface area contributed by atoms with E-state index in [1.807, 2.05) is 0 Å². The smallest absolute Gasteiger partial charge is 0.450 e. The third kappa shape index (κ3) is 27.6. The molecule has 0 aliphatic rings. The van der Waals surface area contributed by atoms with Gasteiger partial charge in [0.05, 0.1) is 26.2 Å². The molecule has 7 nitrogen and oxygen atoms in total. The Labute approximate surface area is 152 Å². The highest BCUT2D eigenvalue weighted by atomic mass is 16.6. The fourth-order valence-corrected chi connectivity index (χ4v) is 2.64. The third-order valence-corrected chi connectivity index (χ3v) is 3.94. The Morgan fingerprint density at radius 2 is 0.720 bits per heavy atom. The Hall–Kier alpha value is -1.50. The van der Waals surface area contributed by atoms with Crippen molar-refractivity contribution < 1.29 is 34.5 Å². The molecule has 0 heterocycles. The minimum atomic E-state index is -1.83. The molecule has 0 saturated carbocycles. The van der Waals surface area contributed by atoms with E-state index < -0.39 is 12.3 Å². The van der Waals surface area contributed by atoms with Crippen molar-refractivity contribution in [1.82, 2.24) is 0 Å². The fourth-order valence-electron chi connectivity index (χ4n) is 2.64. The number of unbranched alkanes of at least 4 members (excludes halogenated alkanes) is 4. The Morgan fingerprint density at radius 1 is 0.560 bits per heavy atom. The van der Waals surface area contributed by atoms with Gasteiger partial charge in [-0.05, 0) is 25.7 Å². The molecule has 0 fully saturated rings. The SMILES string of the molecule is CCCC[N+](CCCC)(CCCC)CCCC.O=C(O)O.O=C(O)O. The van der Waals surface area contributed by atoms with Crippen molar-refractivity contribution in [2.24, 2.45) is 0 Å². The van der Waals surface area contributed by atoms with Crippen molar-refractivity contribution in [1.29, 1.82) is 0 Å². The monoisotopic (exact) mass is 366 g/mol. The molecule has 0 aromatic rings. The second-order valence-corrected chi connectivity index (χ2v) is 6.22. The molecule has 0 atom stereocenters. The molecule has 25 heavy (non-hydrogen) atoms. The topological polar surface area (TPSA) is 115 Å². The third-order valence-electron chi connectivity index (χ3n) is 3.94. The zero-order valence-corrected chi connectivity index (χ0v) is 16.5. The first-order chi connectivity index (χ1) is 11.7. The van der Waals surface area contributed by atoms with Crippen LogP contribution >= 0.6 is 0 Å². The van der Waals surface area contributed by atoms with Crippen LogP contribution in [0.1, 0.15) is 79.1 Å². The molecule has 0 rings (SSSR count).